The first-order valence-electron chi connectivity index (χ1n) is 5.72. The molecule has 0 aliphatic heterocycles. The summed E-state index contributed by atoms with van der Waals surface area (Å²) in [5.74, 6) is -0.577. The molecule has 4 nitrogen and oxygen atoms in total. The van der Waals surface area contributed by atoms with E-state index in [1.54, 1.807) is 12.1 Å². The summed E-state index contributed by atoms with van der Waals surface area (Å²) in [4.78, 5) is 12.0. The number of carbonyl (C=O) groups excluding carboxylic acids is 1. The third-order valence-corrected chi connectivity index (χ3v) is 3.47. The molecule has 1 fully saturated rings. The molecule has 0 saturated heterocycles. The van der Waals surface area contributed by atoms with E-state index in [2.05, 4.69) is 0 Å². The number of nitrogens with two attached hydrogens (primary N) is 1. The zero-order valence-corrected chi connectivity index (χ0v) is 10.4. The third kappa shape index (κ3) is 1.75. The van der Waals surface area contributed by atoms with Gasteiger partial charge in [-0.25, -0.2) is 4.39 Å². The third-order valence-electron chi connectivity index (χ3n) is 3.47. The summed E-state index contributed by atoms with van der Waals surface area (Å²) in [6.07, 6.45) is 0.744. The van der Waals surface area contributed by atoms with Crippen LogP contribution >= 0.6 is 0 Å². The Bertz CT molecular complexity index is 469. The first-order valence-corrected chi connectivity index (χ1v) is 5.72. The number of methoxy groups -OCH3 is 2. The van der Waals surface area contributed by atoms with Gasteiger partial charge in [-0.1, -0.05) is 6.07 Å². The van der Waals surface area contributed by atoms with Crippen molar-refractivity contribution in [2.75, 3.05) is 14.2 Å². The van der Waals surface area contributed by atoms with Gasteiger partial charge in [-0.3, -0.25) is 4.79 Å². The number of hydrogen-bond acceptors (Lipinski definition) is 4. The van der Waals surface area contributed by atoms with Gasteiger partial charge < -0.3 is 15.2 Å². The maximum absolute atomic E-state index is 14.0. The van der Waals surface area contributed by atoms with Crippen molar-refractivity contribution in [3.8, 4) is 5.75 Å². The molecule has 5 heteroatoms. The average molecular weight is 253 g/mol. The molecule has 1 aromatic carbocycles. The number of hydrogen-bond donors (Lipinski definition) is 1. The van der Waals surface area contributed by atoms with Gasteiger partial charge in [0.15, 0.2) is 0 Å². The zero-order chi connectivity index (χ0) is 13.3. The van der Waals surface area contributed by atoms with Gasteiger partial charge >= 0.3 is 5.97 Å². The Balaban J connectivity index is 2.54. The van der Waals surface area contributed by atoms with Crippen molar-refractivity contribution in [1.82, 2.24) is 0 Å². The molecule has 98 valence electrons. The smallest absolute Gasteiger partial charge is 0.316 e. The van der Waals surface area contributed by atoms with E-state index < -0.39 is 17.2 Å². The van der Waals surface area contributed by atoms with Crippen LogP contribution in [0.15, 0.2) is 18.2 Å². The van der Waals surface area contributed by atoms with E-state index >= 15 is 0 Å². The van der Waals surface area contributed by atoms with Crippen LogP contribution in [0.3, 0.4) is 0 Å². The molecule has 1 saturated carbocycles. The molecule has 0 aromatic heterocycles. The highest BCUT2D eigenvalue weighted by Gasteiger charge is 2.54. The predicted molar refractivity (Wildman–Crippen MR) is 63.9 cm³/mol. The summed E-state index contributed by atoms with van der Waals surface area (Å²) >= 11 is 0. The van der Waals surface area contributed by atoms with Gasteiger partial charge in [0.1, 0.15) is 17.0 Å². The van der Waals surface area contributed by atoms with E-state index in [-0.39, 0.29) is 11.6 Å². The molecule has 1 aromatic rings. The molecular formula is C13H16FNO3. The molecule has 0 amide bonds. The number of rotatable bonds is 3. The van der Waals surface area contributed by atoms with Crippen molar-refractivity contribution in [3.05, 3.63) is 29.6 Å². The van der Waals surface area contributed by atoms with Crippen LogP contribution in [0, 0.1) is 5.82 Å². The SMILES string of the molecule is COC(=O)C1(c2c(F)cccc2OC)CC(N)C1. The van der Waals surface area contributed by atoms with Crippen LogP contribution in [0.5, 0.6) is 5.75 Å². The number of benzene rings is 1. The highest BCUT2D eigenvalue weighted by Crippen LogP contribution is 2.48. The van der Waals surface area contributed by atoms with Crippen LogP contribution in [0.1, 0.15) is 18.4 Å². The van der Waals surface area contributed by atoms with Crippen molar-refractivity contribution in [2.24, 2.45) is 5.73 Å². The van der Waals surface area contributed by atoms with E-state index in [0.29, 0.717) is 18.6 Å². The molecular weight excluding hydrogens is 237 g/mol. The fraction of sp³-hybridized carbons (Fsp3) is 0.462. The molecule has 0 spiro atoms. The molecule has 0 radical (unpaired) electrons. The highest BCUT2D eigenvalue weighted by molar-refractivity contribution is 5.86. The van der Waals surface area contributed by atoms with Gasteiger partial charge in [-0.05, 0) is 25.0 Å². The summed E-state index contributed by atoms with van der Waals surface area (Å²) in [6.45, 7) is 0. The standard InChI is InChI=1S/C13H16FNO3/c1-17-10-5-3-4-9(14)11(10)13(12(16)18-2)6-8(15)7-13/h3-5,8H,6-7,15H2,1-2H3. The van der Waals surface area contributed by atoms with Crippen LogP contribution in [0.25, 0.3) is 0 Å². The number of halogens is 1. The van der Waals surface area contributed by atoms with Gasteiger partial charge in [0, 0.05) is 11.6 Å². The number of esters is 1. The van der Waals surface area contributed by atoms with Crippen LogP contribution in [-0.4, -0.2) is 26.2 Å². The summed E-state index contributed by atoms with van der Waals surface area (Å²) in [7, 11) is 2.74. The molecule has 2 rings (SSSR count). The van der Waals surface area contributed by atoms with E-state index in [9.17, 15) is 9.18 Å². The topological polar surface area (TPSA) is 61.5 Å². The minimum absolute atomic E-state index is 0.117. The molecule has 2 N–H and O–H groups in total. The molecule has 0 unspecified atom stereocenters. The van der Waals surface area contributed by atoms with Crippen LogP contribution in [-0.2, 0) is 14.9 Å². The first-order chi connectivity index (χ1) is 8.55. The van der Waals surface area contributed by atoms with E-state index in [1.165, 1.54) is 20.3 Å². The molecule has 0 bridgehead atoms. The van der Waals surface area contributed by atoms with Crippen molar-refractivity contribution in [1.29, 1.82) is 0 Å². The predicted octanol–water partition coefficient (Wildman–Crippen LogP) is 1.37. The Labute approximate surface area is 105 Å². The average Bonchev–Trinajstić information content (AvgIpc) is 2.33. The lowest BCUT2D eigenvalue weighted by atomic mass is 9.61. The minimum atomic E-state index is -1.01. The van der Waals surface area contributed by atoms with Crippen molar-refractivity contribution < 1.29 is 18.7 Å². The summed E-state index contributed by atoms with van der Waals surface area (Å²) in [5, 5.41) is 0. The fourth-order valence-electron chi connectivity index (χ4n) is 2.64. The lowest BCUT2D eigenvalue weighted by molar-refractivity contribution is -0.152. The molecule has 18 heavy (non-hydrogen) atoms. The maximum Gasteiger partial charge on any atom is 0.316 e. The Kier molecular flexibility index (Phi) is 3.26. The Morgan fingerprint density at radius 2 is 2.11 bits per heavy atom. The van der Waals surface area contributed by atoms with Crippen molar-refractivity contribution in [3.63, 3.8) is 0 Å². The minimum Gasteiger partial charge on any atom is -0.496 e. The summed E-state index contributed by atoms with van der Waals surface area (Å²) in [5.41, 5.74) is 5.00. The quantitative estimate of drug-likeness (QED) is 0.826. The maximum atomic E-state index is 14.0. The molecule has 1 aliphatic carbocycles. The van der Waals surface area contributed by atoms with Gasteiger partial charge in [-0.2, -0.15) is 0 Å². The van der Waals surface area contributed by atoms with Crippen LogP contribution in [0.2, 0.25) is 0 Å². The van der Waals surface area contributed by atoms with Crippen molar-refractivity contribution >= 4 is 5.97 Å². The largest absolute Gasteiger partial charge is 0.496 e. The number of carbonyl (C=O) groups is 1. The molecule has 1 aliphatic rings. The van der Waals surface area contributed by atoms with Crippen LogP contribution in [0.4, 0.5) is 4.39 Å². The monoisotopic (exact) mass is 253 g/mol. The van der Waals surface area contributed by atoms with Gasteiger partial charge in [0.05, 0.1) is 14.2 Å². The molecule has 0 atom stereocenters. The Morgan fingerprint density at radius 1 is 1.44 bits per heavy atom. The second-order valence-corrected chi connectivity index (χ2v) is 4.56. The van der Waals surface area contributed by atoms with E-state index in [0.717, 1.165) is 0 Å². The van der Waals surface area contributed by atoms with Crippen molar-refractivity contribution in [2.45, 2.75) is 24.3 Å². The second kappa shape index (κ2) is 4.57. The number of ether oxygens (including phenoxy) is 2. The van der Waals surface area contributed by atoms with E-state index in [4.69, 9.17) is 15.2 Å². The van der Waals surface area contributed by atoms with Gasteiger partial charge in [0.25, 0.3) is 0 Å². The lowest BCUT2D eigenvalue weighted by Crippen LogP contribution is -2.55. The summed E-state index contributed by atoms with van der Waals surface area (Å²) in [6, 6.07) is 4.37. The van der Waals surface area contributed by atoms with Gasteiger partial charge in [-0.15, -0.1) is 0 Å². The fourth-order valence-corrected chi connectivity index (χ4v) is 2.64. The zero-order valence-electron chi connectivity index (χ0n) is 10.4. The Morgan fingerprint density at radius 3 is 2.61 bits per heavy atom. The Hall–Kier alpha value is -1.62. The highest BCUT2D eigenvalue weighted by atomic mass is 19.1. The van der Waals surface area contributed by atoms with E-state index in [1.807, 2.05) is 0 Å². The van der Waals surface area contributed by atoms with Crippen LogP contribution < -0.4 is 10.5 Å². The van der Waals surface area contributed by atoms with Gasteiger partial charge in [0.2, 0.25) is 0 Å². The first kappa shape index (κ1) is 12.8. The molecule has 0 heterocycles. The lowest BCUT2D eigenvalue weighted by Gasteiger charge is -2.44. The second-order valence-electron chi connectivity index (χ2n) is 4.56. The normalized spacial score (nSPS) is 26.3. The summed E-state index contributed by atoms with van der Waals surface area (Å²) < 4.78 is 24.0.